The predicted molar refractivity (Wildman–Crippen MR) is 117 cm³/mol. The van der Waals surface area contributed by atoms with Crippen molar-refractivity contribution in [2.24, 2.45) is 4.99 Å². The van der Waals surface area contributed by atoms with E-state index >= 15 is 0 Å². The Morgan fingerprint density at radius 1 is 1.04 bits per heavy atom. The van der Waals surface area contributed by atoms with Gasteiger partial charge in [-0.2, -0.15) is 5.10 Å². The highest BCUT2D eigenvalue weighted by Crippen LogP contribution is 2.59. The summed E-state index contributed by atoms with van der Waals surface area (Å²) in [6.07, 6.45) is -0.255. The average Bonchev–Trinajstić information content (AvgIpc) is 3.51. The van der Waals surface area contributed by atoms with E-state index in [1.165, 1.54) is 0 Å². The molecule has 0 spiro atoms. The molecule has 1 atom stereocenters. The first kappa shape index (κ1) is 17.8. The molecule has 3 aromatic rings. The first-order valence-corrected chi connectivity index (χ1v) is 12.1. The van der Waals surface area contributed by atoms with Gasteiger partial charge in [0.05, 0.1) is 16.7 Å². The van der Waals surface area contributed by atoms with Crippen LogP contribution in [0.4, 0.5) is 5.82 Å². The van der Waals surface area contributed by atoms with Crippen LogP contribution in [-0.4, -0.2) is 33.4 Å². The standard InChI is InChI=1S/C21H21N4OPS/c1-15-19-21(24(23-15)17-11-7-4-8-12-17)22-20(16-9-5-3-6-10-16)25(18-13-14-18)27(19,28)26-2/h3-12,18H,13-14H2,1-2H3/t27-/m1/s1. The Hall–Kier alpha value is -2.27. The van der Waals surface area contributed by atoms with Crippen molar-refractivity contribution in [3.05, 3.63) is 71.9 Å². The Kier molecular flexibility index (Phi) is 4.23. The Morgan fingerprint density at radius 2 is 1.68 bits per heavy atom. The van der Waals surface area contributed by atoms with E-state index in [0.29, 0.717) is 6.04 Å². The third-order valence-corrected chi connectivity index (χ3v) is 9.36. The second kappa shape index (κ2) is 6.66. The third kappa shape index (κ3) is 2.67. The van der Waals surface area contributed by atoms with Crippen LogP contribution in [0.15, 0.2) is 65.7 Å². The van der Waals surface area contributed by atoms with Gasteiger partial charge in [-0.15, -0.1) is 0 Å². The summed E-state index contributed by atoms with van der Waals surface area (Å²) in [4.78, 5) is 5.12. The lowest BCUT2D eigenvalue weighted by Crippen LogP contribution is -2.38. The zero-order valence-electron chi connectivity index (χ0n) is 15.8. The molecule has 0 N–H and O–H groups in total. The smallest absolute Gasteiger partial charge is 0.192 e. The number of para-hydroxylation sites is 1. The number of benzene rings is 2. The van der Waals surface area contributed by atoms with Crippen molar-refractivity contribution in [3.63, 3.8) is 0 Å². The lowest BCUT2D eigenvalue weighted by molar-refractivity contribution is 0.423. The SMILES string of the molecule is CO[P@@]1(=S)c2c(C)nn(-c3ccccc3)c2N=C(c2ccccc2)N1C1CC1. The molecule has 1 aliphatic carbocycles. The van der Waals surface area contributed by atoms with Crippen LogP contribution >= 0.6 is 6.42 Å². The van der Waals surface area contributed by atoms with E-state index < -0.39 is 6.42 Å². The molecule has 2 aromatic carbocycles. The molecule has 2 aliphatic rings. The minimum absolute atomic E-state index is 0.386. The van der Waals surface area contributed by atoms with Crippen molar-refractivity contribution < 1.29 is 4.52 Å². The van der Waals surface area contributed by atoms with Crippen molar-refractivity contribution >= 4 is 35.2 Å². The number of aryl methyl sites for hydroxylation is 1. The van der Waals surface area contributed by atoms with E-state index in [1.54, 1.807) is 7.11 Å². The molecular weight excluding hydrogens is 387 g/mol. The molecule has 5 rings (SSSR count). The molecule has 142 valence electrons. The molecule has 2 heterocycles. The lowest BCUT2D eigenvalue weighted by atomic mass is 10.2. The van der Waals surface area contributed by atoms with Gasteiger partial charge >= 0.3 is 0 Å². The first-order chi connectivity index (χ1) is 13.6. The van der Waals surface area contributed by atoms with Crippen LogP contribution in [0, 0.1) is 6.92 Å². The van der Waals surface area contributed by atoms with Gasteiger partial charge in [-0.25, -0.2) is 9.67 Å². The minimum Gasteiger partial charge on any atom is -0.334 e. The Labute approximate surface area is 169 Å². The van der Waals surface area contributed by atoms with Crippen molar-refractivity contribution in [1.29, 1.82) is 0 Å². The Bertz CT molecular complexity index is 1110. The van der Waals surface area contributed by atoms with Crippen molar-refractivity contribution in [2.45, 2.75) is 25.8 Å². The molecule has 7 heteroatoms. The molecule has 1 aromatic heterocycles. The molecule has 1 aliphatic heterocycles. The van der Waals surface area contributed by atoms with Crippen LogP contribution in [0.25, 0.3) is 5.69 Å². The average molecular weight is 408 g/mol. The fourth-order valence-corrected chi connectivity index (χ4v) is 7.51. The van der Waals surface area contributed by atoms with Gasteiger partial charge in [-0.3, -0.25) is 0 Å². The van der Waals surface area contributed by atoms with Gasteiger partial charge in [-0.1, -0.05) is 48.5 Å². The number of hydrogen-bond donors (Lipinski definition) is 0. The van der Waals surface area contributed by atoms with Gasteiger partial charge in [0.1, 0.15) is 5.84 Å². The molecule has 0 amide bonds. The van der Waals surface area contributed by atoms with E-state index in [2.05, 4.69) is 16.8 Å². The van der Waals surface area contributed by atoms with Crippen LogP contribution in [-0.2, 0) is 16.3 Å². The van der Waals surface area contributed by atoms with Crippen LogP contribution in [0.1, 0.15) is 24.1 Å². The monoisotopic (exact) mass is 408 g/mol. The van der Waals surface area contributed by atoms with E-state index in [9.17, 15) is 0 Å². The van der Waals surface area contributed by atoms with Crippen molar-refractivity contribution in [3.8, 4) is 5.69 Å². The van der Waals surface area contributed by atoms with Gasteiger partial charge in [0.25, 0.3) is 0 Å². The highest BCUT2D eigenvalue weighted by Gasteiger charge is 2.47. The Morgan fingerprint density at radius 3 is 2.29 bits per heavy atom. The number of fused-ring (bicyclic) bond motifs is 1. The van der Waals surface area contributed by atoms with Crippen molar-refractivity contribution in [1.82, 2.24) is 14.5 Å². The largest absolute Gasteiger partial charge is 0.334 e. The van der Waals surface area contributed by atoms with E-state index in [0.717, 1.165) is 46.7 Å². The lowest BCUT2D eigenvalue weighted by Gasteiger charge is -2.39. The van der Waals surface area contributed by atoms with Crippen LogP contribution in [0.5, 0.6) is 0 Å². The molecule has 28 heavy (non-hydrogen) atoms. The summed E-state index contributed by atoms with van der Waals surface area (Å²) in [5, 5.41) is 5.78. The molecule has 0 unspecified atom stereocenters. The fraction of sp³-hybridized carbons (Fsp3) is 0.238. The van der Waals surface area contributed by atoms with Crippen LogP contribution in [0.2, 0.25) is 0 Å². The van der Waals surface area contributed by atoms with Gasteiger partial charge < -0.3 is 9.19 Å². The summed E-state index contributed by atoms with van der Waals surface area (Å²) in [7, 11) is 1.73. The molecule has 0 bridgehead atoms. The fourth-order valence-electron chi connectivity index (χ4n) is 3.74. The van der Waals surface area contributed by atoms with E-state index in [-0.39, 0.29) is 0 Å². The van der Waals surface area contributed by atoms with Crippen molar-refractivity contribution in [2.75, 3.05) is 7.11 Å². The zero-order chi connectivity index (χ0) is 19.3. The number of hydrogen-bond acceptors (Lipinski definition) is 4. The van der Waals surface area contributed by atoms with Crippen LogP contribution < -0.4 is 5.30 Å². The quantitative estimate of drug-likeness (QED) is 0.603. The Balaban J connectivity index is 1.81. The summed E-state index contributed by atoms with van der Waals surface area (Å²) in [5.74, 6) is 1.70. The number of aromatic nitrogens is 2. The van der Waals surface area contributed by atoms with Gasteiger partial charge in [-0.05, 0) is 43.7 Å². The van der Waals surface area contributed by atoms with E-state index in [4.69, 9.17) is 26.4 Å². The third-order valence-electron chi connectivity index (χ3n) is 5.17. The summed E-state index contributed by atoms with van der Waals surface area (Å²) < 4.78 is 10.3. The minimum atomic E-state index is -2.49. The number of aliphatic imine (C=N–C) groups is 1. The second-order valence-electron chi connectivity index (χ2n) is 7.09. The maximum absolute atomic E-state index is 6.26. The normalized spacial score (nSPS) is 21.4. The molecule has 5 nitrogen and oxygen atoms in total. The van der Waals surface area contributed by atoms with Gasteiger partial charge in [0, 0.05) is 18.7 Å². The van der Waals surface area contributed by atoms with Crippen LogP contribution in [0.3, 0.4) is 0 Å². The molecular formula is C21H21N4OPS. The highest BCUT2D eigenvalue weighted by molar-refractivity contribution is 8.15. The maximum atomic E-state index is 6.26. The summed E-state index contributed by atoms with van der Waals surface area (Å²) in [6, 6.07) is 20.7. The number of nitrogens with zero attached hydrogens (tertiary/aromatic N) is 4. The topological polar surface area (TPSA) is 42.6 Å². The number of rotatable bonds is 4. The zero-order valence-corrected chi connectivity index (χ0v) is 17.5. The molecule has 0 radical (unpaired) electrons. The molecule has 1 saturated carbocycles. The first-order valence-electron chi connectivity index (χ1n) is 9.38. The summed E-state index contributed by atoms with van der Waals surface area (Å²) in [5.41, 5.74) is 2.93. The molecule has 1 fully saturated rings. The maximum Gasteiger partial charge on any atom is 0.192 e. The second-order valence-corrected chi connectivity index (χ2v) is 10.9. The number of amidine groups is 1. The predicted octanol–water partition coefficient (Wildman–Crippen LogP) is 4.32. The summed E-state index contributed by atoms with van der Waals surface area (Å²) in [6.45, 7) is 2.01. The van der Waals surface area contributed by atoms with Gasteiger partial charge in [0.15, 0.2) is 12.2 Å². The summed E-state index contributed by atoms with van der Waals surface area (Å²) >= 11 is 6.26. The van der Waals surface area contributed by atoms with Gasteiger partial charge in [0.2, 0.25) is 0 Å². The molecule has 0 saturated heterocycles. The van der Waals surface area contributed by atoms with E-state index in [1.807, 2.05) is 60.1 Å². The highest BCUT2D eigenvalue weighted by atomic mass is 32.4.